The van der Waals surface area contributed by atoms with Crippen molar-refractivity contribution in [3.8, 4) is 5.75 Å². The van der Waals surface area contributed by atoms with Crippen LogP contribution in [0.5, 0.6) is 5.75 Å². The molecule has 76 valence electrons. The Balaban J connectivity index is 2.78. The summed E-state index contributed by atoms with van der Waals surface area (Å²) in [5.74, 6) is 0.334. The predicted molar refractivity (Wildman–Crippen MR) is 55.8 cm³/mol. The van der Waals surface area contributed by atoms with Gasteiger partial charge in [0, 0.05) is 0 Å². The molecule has 0 unspecified atom stereocenters. The highest BCUT2D eigenvalue weighted by molar-refractivity contribution is 7.86. The molecule has 1 rings (SSSR count). The van der Waals surface area contributed by atoms with E-state index in [2.05, 4.69) is 10.8 Å². The number of rotatable bonds is 4. The van der Waals surface area contributed by atoms with Crippen LogP contribution in [0.1, 0.15) is 5.56 Å². The molecule has 0 saturated heterocycles. The van der Waals surface area contributed by atoms with E-state index in [-0.39, 0.29) is 0 Å². The molecule has 0 amide bonds. The fourth-order valence-corrected chi connectivity index (χ4v) is 1.48. The summed E-state index contributed by atoms with van der Waals surface area (Å²) in [4.78, 5) is 0. The monoisotopic (exact) mass is 212 g/mol. The van der Waals surface area contributed by atoms with Gasteiger partial charge in [-0.1, -0.05) is 18.2 Å². The Bertz CT molecular complexity index is 403. The Kier molecular flexibility index (Phi) is 3.30. The molecule has 0 aliphatic rings. The van der Waals surface area contributed by atoms with Crippen LogP contribution < -0.4 is 4.18 Å². The second kappa shape index (κ2) is 4.28. The van der Waals surface area contributed by atoms with Crippen molar-refractivity contribution in [3.05, 3.63) is 42.5 Å². The maximum atomic E-state index is 10.8. The zero-order valence-electron chi connectivity index (χ0n) is 7.93. The smallest absolute Gasteiger partial charge is 0.306 e. The molecule has 0 saturated carbocycles. The molecule has 1 aromatic rings. The summed E-state index contributed by atoms with van der Waals surface area (Å²) < 4.78 is 26.2. The second-order valence-corrected chi connectivity index (χ2v) is 4.50. The molecular formula is C10H12O3S. The van der Waals surface area contributed by atoms with E-state index in [1.165, 1.54) is 0 Å². The lowest BCUT2D eigenvalue weighted by molar-refractivity contribution is 0.493. The van der Waals surface area contributed by atoms with Gasteiger partial charge in [0.25, 0.3) is 0 Å². The first-order chi connectivity index (χ1) is 6.51. The number of benzene rings is 1. The number of hydrogen-bond donors (Lipinski definition) is 0. The lowest BCUT2D eigenvalue weighted by Crippen LogP contribution is -2.05. The highest BCUT2D eigenvalue weighted by Crippen LogP contribution is 2.14. The van der Waals surface area contributed by atoms with Crippen molar-refractivity contribution in [2.45, 2.75) is 6.42 Å². The Morgan fingerprint density at radius 3 is 2.36 bits per heavy atom. The average molecular weight is 212 g/mol. The van der Waals surface area contributed by atoms with Gasteiger partial charge in [0.15, 0.2) is 0 Å². The minimum absolute atomic E-state index is 0.334. The van der Waals surface area contributed by atoms with Crippen molar-refractivity contribution in [2.24, 2.45) is 0 Å². The van der Waals surface area contributed by atoms with Gasteiger partial charge in [-0.15, -0.1) is 6.58 Å². The summed E-state index contributed by atoms with van der Waals surface area (Å²) >= 11 is 0. The van der Waals surface area contributed by atoms with Gasteiger partial charge in [-0.25, -0.2) is 0 Å². The standard InChI is InChI=1S/C10H12O3S/c1-3-4-9-5-7-10(8-6-9)13-14(2,11)12/h3,5-8H,1,4H2,2H3. The molecule has 0 aliphatic heterocycles. The Hall–Kier alpha value is -1.29. The molecule has 3 nitrogen and oxygen atoms in total. The highest BCUT2D eigenvalue weighted by atomic mass is 32.2. The topological polar surface area (TPSA) is 43.4 Å². The third kappa shape index (κ3) is 3.62. The van der Waals surface area contributed by atoms with Crippen LogP contribution in [-0.4, -0.2) is 14.7 Å². The normalized spacial score (nSPS) is 10.9. The van der Waals surface area contributed by atoms with E-state index in [0.29, 0.717) is 5.75 Å². The van der Waals surface area contributed by atoms with E-state index >= 15 is 0 Å². The minimum Gasteiger partial charge on any atom is -0.383 e. The molecule has 0 fully saturated rings. The maximum absolute atomic E-state index is 10.8. The lowest BCUT2D eigenvalue weighted by Gasteiger charge is -2.02. The third-order valence-electron chi connectivity index (χ3n) is 1.55. The van der Waals surface area contributed by atoms with Crippen molar-refractivity contribution < 1.29 is 12.6 Å². The molecule has 1 aromatic carbocycles. The number of allylic oxidation sites excluding steroid dienone is 1. The zero-order valence-corrected chi connectivity index (χ0v) is 8.75. The summed E-state index contributed by atoms with van der Waals surface area (Å²) in [6.45, 7) is 3.61. The van der Waals surface area contributed by atoms with Crippen LogP contribution >= 0.6 is 0 Å². The largest absolute Gasteiger partial charge is 0.383 e. The molecule has 0 N–H and O–H groups in total. The fraction of sp³-hybridized carbons (Fsp3) is 0.200. The Morgan fingerprint density at radius 2 is 1.93 bits per heavy atom. The van der Waals surface area contributed by atoms with Gasteiger partial charge >= 0.3 is 10.1 Å². The molecule has 4 heteroatoms. The van der Waals surface area contributed by atoms with Gasteiger partial charge in [0.2, 0.25) is 0 Å². The van der Waals surface area contributed by atoms with Gasteiger partial charge in [0.1, 0.15) is 5.75 Å². The first-order valence-corrected chi connectivity index (χ1v) is 5.92. The quantitative estimate of drug-likeness (QED) is 0.564. The molecule has 0 spiro atoms. The van der Waals surface area contributed by atoms with Crippen molar-refractivity contribution in [3.63, 3.8) is 0 Å². The van der Waals surface area contributed by atoms with Crippen molar-refractivity contribution in [1.29, 1.82) is 0 Å². The van der Waals surface area contributed by atoms with Crippen LogP contribution in [0.3, 0.4) is 0 Å². The van der Waals surface area contributed by atoms with Crippen molar-refractivity contribution in [1.82, 2.24) is 0 Å². The van der Waals surface area contributed by atoms with Crippen LogP contribution in [0.25, 0.3) is 0 Å². The molecular weight excluding hydrogens is 200 g/mol. The Morgan fingerprint density at radius 1 is 1.36 bits per heavy atom. The van der Waals surface area contributed by atoms with E-state index in [0.717, 1.165) is 18.2 Å². The summed E-state index contributed by atoms with van der Waals surface area (Å²) in [5, 5.41) is 0. The summed E-state index contributed by atoms with van der Waals surface area (Å²) in [6.07, 6.45) is 3.57. The molecule has 0 heterocycles. The van der Waals surface area contributed by atoms with E-state index in [4.69, 9.17) is 0 Å². The SMILES string of the molecule is C=CCc1ccc(OS(C)(=O)=O)cc1. The fourth-order valence-electron chi connectivity index (χ4n) is 1.02. The van der Waals surface area contributed by atoms with Crippen LogP contribution in [-0.2, 0) is 16.5 Å². The lowest BCUT2D eigenvalue weighted by atomic mass is 10.1. The molecule has 0 atom stereocenters. The van der Waals surface area contributed by atoms with Crippen molar-refractivity contribution >= 4 is 10.1 Å². The van der Waals surface area contributed by atoms with Gasteiger partial charge in [-0.2, -0.15) is 8.42 Å². The van der Waals surface area contributed by atoms with Crippen LogP contribution in [0.15, 0.2) is 36.9 Å². The first-order valence-electron chi connectivity index (χ1n) is 4.10. The summed E-state index contributed by atoms with van der Waals surface area (Å²) in [7, 11) is -3.42. The number of hydrogen-bond acceptors (Lipinski definition) is 3. The maximum Gasteiger partial charge on any atom is 0.306 e. The predicted octanol–water partition coefficient (Wildman–Crippen LogP) is 1.75. The Labute approximate surface area is 84.1 Å². The van der Waals surface area contributed by atoms with E-state index in [1.807, 2.05) is 12.1 Å². The van der Waals surface area contributed by atoms with Crippen molar-refractivity contribution in [2.75, 3.05) is 6.26 Å². The van der Waals surface area contributed by atoms with Gasteiger partial charge in [-0.05, 0) is 24.1 Å². The third-order valence-corrected chi connectivity index (χ3v) is 2.05. The molecule has 0 radical (unpaired) electrons. The summed E-state index contributed by atoms with van der Waals surface area (Å²) in [6, 6.07) is 6.87. The van der Waals surface area contributed by atoms with Gasteiger partial charge in [0.05, 0.1) is 6.26 Å². The van der Waals surface area contributed by atoms with Crippen LogP contribution in [0.2, 0.25) is 0 Å². The van der Waals surface area contributed by atoms with Gasteiger partial charge < -0.3 is 4.18 Å². The first kappa shape index (κ1) is 10.8. The second-order valence-electron chi connectivity index (χ2n) is 2.92. The molecule has 0 aliphatic carbocycles. The highest BCUT2D eigenvalue weighted by Gasteiger charge is 2.02. The van der Waals surface area contributed by atoms with E-state index in [1.54, 1.807) is 18.2 Å². The average Bonchev–Trinajstić information content (AvgIpc) is 2.06. The minimum atomic E-state index is -3.42. The van der Waals surface area contributed by atoms with E-state index < -0.39 is 10.1 Å². The van der Waals surface area contributed by atoms with Crippen LogP contribution in [0, 0.1) is 0 Å². The molecule has 0 aromatic heterocycles. The zero-order chi connectivity index (χ0) is 10.6. The van der Waals surface area contributed by atoms with Gasteiger partial charge in [-0.3, -0.25) is 0 Å². The summed E-state index contributed by atoms with van der Waals surface area (Å²) in [5.41, 5.74) is 1.07. The van der Waals surface area contributed by atoms with Crippen LogP contribution in [0.4, 0.5) is 0 Å². The molecule has 0 bridgehead atoms. The van der Waals surface area contributed by atoms with E-state index in [9.17, 15) is 8.42 Å². The molecule has 14 heavy (non-hydrogen) atoms.